The Labute approximate surface area is 172 Å². The number of hydrogen-bond acceptors (Lipinski definition) is 5. The van der Waals surface area contributed by atoms with E-state index in [1.54, 1.807) is 44.6 Å². The van der Waals surface area contributed by atoms with Gasteiger partial charge in [-0.3, -0.25) is 10.2 Å². The van der Waals surface area contributed by atoms with Gasteiger partial charge in [0, 0.05) is 11.1 Å². The van der Waals surface area contributed by atoms with Crippen molar-refractivity contribution in [3.63, 3.8) is 0 Å². The largest absolute Gasteiger partial charge is 0.493 e. The molecule has 2 aromatic carbocycles. The van der Waals surface area contributed by atoms with E-state index in [0.29, 0.717) is 27.6 Å². The van der Waals surface area contributed by atoms with Gasteiger partial charge in [0.1, 0.15) is 11.9 Å². The third kappa shape index (κ3) is 3.56. The van der Waals surface area contributed by atoms with Crippen LogP contribution >= 0.6 is 11.3 Å². The van der Waals surface area contributed by atoms with Gasteiger partial charge in [0.25, 0.3) is 5.91 Å². The monoisotopic (exact) mass is 410 g/mol. The lowest BCUT2D eigenvalue weighted by molar-refractivity contribution is 0.0675. The maximum absolute atomic E-state index is 14.5. The number of ether oxygens (including phenoxy) is 2. The fraction of sp³-hybridized carbons (Fsp3) is 0.136. The summed E-state index contributed by atoms with van der Waals surface area (Å²) < 4.78 is 25.2. The Balaban J connectivity index is 1.75. The molecule has 0 saturated carbocycles. The average Bonchev–Trinajstić information content (AvgIpc) is 3.43. The van der Waals surface area contributed by atoms with E-state index < -0.39 is 6.04 Å². The topological polar surface area (TPSA) is 50.8 Å². The van der Waals surface area contributed by atoms with Gasteiger partial charge in [0.15, 0.2) is 11.5 Å². The summed E-state index contributed by atoms with van der Waals surface area (Å²) in [6.07, 6.45) is 1.84. The Morgan fingerprint density at radius 1 is 1.07 bits per heavy atom. The highest BCUT2D eigenvalue weighted by Crippen LogP contribution is 2.36. The van der Waals surface area contributed by atoms with Gasteiger partial charge in [-0.25, -0.2) is 9.40 Å². The zero-order valence-corrected chi connectivity index (χ0v) is 16.7. The molecule has 0 unspecified atom stereocenters. The predicted octanol–water partition coefficient (Wildman–Crippen LogP) is 4.65. The first-order valence-corrected chi connectivity index (χ1v) is 9.82. The molecule has 1 aromatic heterocycles. The van der Waals surface area contributed by atoms with Crippen LogP contribution in [0.5, 0.6) is 11.5 Å². The van der Waals surface area contributed by atoms with E-state index in [1.807, 2.05) is 29.7 Å². The average molecular weight is 410 g/mol. The number of carbonyl (C=O) groups excluding carboxylic acids is 1. The van der Waals surface area contributed by atoms with Crippen molar-refractivity contribution in [2.75, 3.05) is 14.2 Å². The molecule has 1 N–H and O–H groups in total. The zero-order valence-electron chi connectivity index (χ0n) is 15.9. The molecule has 2 heterocycles. The minimum atomic E-state index is -0.589. The lowest BCUT2D eigenvalue weighted by atomic mass is 10.0. The van der Waals surface area contributed by atoms with Gasteiger partial charge in [-0.2, -0.15) is 0 Å². The molecule has 1 atom stereocenters. The number of hydrazine groups is 1. The van der Waals surface area contributed by atoms with Crippen molar-refractivity contribution in [1.29, 1.82) is 0 Å². The SMILES string of the molecule is COc1ccc(C2=C[C@@H](c3ccccc3F)N(C(=O)c3cccs3)N2)cc1OC. The first-order valence-electron chi connectivity index (χ1n) is 8.94. The Morgan fingerprint density at radius 2 is 1.86 bits per heavy atom. The molecule has 29 heavy (non-hydrogen) atoms. The second-order valence-corrected chi connectivity index (χ2v) is 7.33. The molecule has 5 nitrogen and oxygen atoms in total. The molecule has 0 fully saturated rings. The molecule has 1 aliphatic heterocycles. The van der Waals surface area contributed by atoms with Crippen LogP contribution < -0.4 is 14.9 Å². The molecule has 1 aliphatic rings. The third-order valence-electron chi connectivity index (χ3n) is 4.71. The number of hydrogen-bond donors (Lipinski definition) is 1. The lowest BCUT2D eigenvalue weighted by Gasteiger charge is -2.25. The highest BCUT2D eigenvalue weighted by molar-refractivity contribution is 7.12. The molecule has 0 aliphatic carbocycles. The molecule has 1 amide bonds. The molecule has 0 spiro atoms. The number of benzene rings is 2. The second-order valence-electron chi connectivity index (χ2n) is 6.38. The van der Waals surface area contributed by atoms with E-state index in [0.717, 1.165) is 5.56 Å². The number of rotatable bonds is 5. The summed E-state index contributed by atoms with van der Waals surface area (Å²) in [6, 6.07) is 14.9. The first-order chi connectivity index (χ1) is 14.1. The summed E-state index contributed by atoms with van der Waals surface area (Å²) in [6.45, 7) is 0. The summed E-state index contributed by atoms with van der Waals surface area (Å²) in [4.78, 5) is 13.6. The van der Waals surface area contributed by atoms with E-state index in [2.05, 4.69) is 5.43 Å². The highest BCUT2D eigenvalue weighted by atomic mass is 32.1. The van der Waals surface area contributed by atoms with Crippen molar-refractivity contribution >= 4 is 22.9 Å². The van der Waals surface area contributed by atoms with Crippen molar-refractivity contribution in [2.45, 2.75) is 6.04 Å². The van der Waals surface area contributed by atoms with E-state index in [-0.39, 0.29) is 11.7 Å². The van der Waals surface area contributed by atoms with Crippen LogP contribution in [0, 0.1) is 5.82 Å². The van der Waals surface area contributed by atoms with Gasteiger partial charge >= 0.3 is 0 Å². The second kappa shape index (κ2) is 7.97. The summed E-state index contributed by atoms with van der Waals surface area (Å²) >= 11 is 1.34. The van der Waals surface area contributed by atoms with Crippen molar-refractivity contribution in [2.24, 2.45) is 0 Å². The molecular formula is C22H19FN2O3S. The smallest absolute Gasteiger partial charge is 0.283 e. The Hall–Kier alpha value is -3.32. The maximum Gasteiger partial charge on any atom is 0.283 e. The third-order valence-corrected chi connectivity index (χ3v) is 5.57. The van der Waals surface area contributed by atoms with Gasteiger partial charge in [-0.15, -0.1) is 11.3 Å². The summed E-state index contributed by atoms with van der Waals surface area (Å²) in [7, 11) is 3.13. The minimum Gasteiger partial charge on any atom is -0.493 e. The number of nitrogens with one attached hydrogen (secondary N) is 1. The number of carbonyl (C=O) groups is 1. The van der Waals surface area contributed by atoms with Crippen molar-refractivity contribution in [3.8, 4) is 11.5 Å². The molecule has 3 aromatic rings. The minimum absolute atomic E-state index is 0.222. The van der Waals surface area contributed by atoms with Crippen molar-refractivity contribution in [1.82, 2.24) is 10.4 Å². The van der Waals surface area contributed by atoms with Crippen LogP contribution in [0.4, 0.5) is 4.39 Å². The Bertz CT molecular complexity index is 1070. The fourth-order valence-electron chi connectivity index (χ4n) is 3.27. The number of methoxy groups -OCH3 is 2. The quantitative estimate of drug-likeness (QED) is 0.665. The summed E-state index contributed by atoms with van der Waals surface area (Å²) in [5, 5.41) is 3.29. The molecule has 0 saturated heterocycles. The van der Waals surface area contributed by atoms with Gasteiger partial charge in [0.2, 0.25) is 0 Å². The van der Waals surface area contributed by atoms with E-state index in [1.165, 1.54) is 22.4 Å². The maximum atomic E-state index is 14.5. The van der Waals surface area contributed by atoms with Gasteiger partial charge in [-0.1, -0.05) is 24.3 Å². The molecule has 4 rings (SSSR count). The highest BCUT2D eigenvalue weighted by Gasteiger charge is 2.33. The van der Waals surface area contributed by atoms with E-state index >= 15 is 0 Å². The van der Waals surface area contributed by atoms with Crippen LogP contribution in [-0.2, 0) is 0 Å². The van der Waals surface area contributed by atoms with Gasteiger partial charge in [0.05, 0.1) is 24.8 Å². The Kier molecular flexibility index (Phi) is 5.22. The number of halogens is 1. The number of thiophene rings is 1. The van der Waals surface area contributed by atoms with Crippen LogP contribution in [0.25, 0.3) is 5.70 Å². The van der Waals surface area contributed by atoms with Crippen molar-refractivity contribution in [3.05, 3.63) is 87.9 Å². The van der Waals surface area contributed by atoms with Crippen LogP contribution in [0.15, 0.2) is 66.1 Å². The molecule has 7 heteroatoms. The standard InChI is InChI=1S/C22H19FN2O3S/c1-27-19-10-9-14(12-20(19)28-2)17-13-18(15-6-3-4-7-16(15)23)25(24-17)22(26)21-8-5-11-29-21/h3-13,18,24H,1-2H3/t18-/m0/s1. The normalized spacial score (nSPS) is 15.6. The van der Waals surface area contributed by atoms with Crippen LogP contribution in [0.3, 0.4) is 0 Å². The Morgan fingerprint density at radius 3 is 2.55 bits per heavy atom. The van der Waals surface area contributed by atoms with Crippen molar-refractivity contribution < 1.29 is 18.7 Å². The molecule has 0 bridgehead atoms. The first kappa shape index (κ1) is 19.0. The summed E-state index contributed by atoms with van der Waals surface area (Å²) in [5.41, 5.74) is 5.05. The zero-order chi connectivity index (χ0) is 20.4. The van der Waals surface area contributed by atoms with Gasteiger partial charge < -0.3 is 9.47 Å². The summed E-state index contributed by atoms with van der Waals surface area (Å²) in [5.74, 6) is 0.582. The molecule has 148 valence electrons. The number of nitrogens with zero attached hydrogens (tertiary/aromatic N) is 1. The van der Waals surface area contributed by atoms with Crippen LogP contribution in [0.1, 0.15) is 26.8 Å². The molecular weight excluding hydrogens is 391 g/mol. The molecule has 0 radical (unpaired) electrons. The fourth-order valence-corrected chi connectivity index (χ4v) is 3.93. The van der Waals surface area contributed by atoms with Crippen LogP contribution in [-0.4, -0.2) is 25.1 Å². The number of amides is 1. The van der Waals surface area contributed by atoms with E-state index in [4.69, 9.17) is 9.47 Å². The van der Waals surface area contributed by atoms with Crippen LogP contribution in [0.2, 0.25) is 0 Å². The lowest BCUT2D eigenvalue weighted by Crippen LogP contribution is -2.39. The predicted molar refractivity (Wildman–Crippen MR) is 110 cm³/mol. The van der Waals surface area contributed by atoms with E-state index in [9.17, 15) is 9.18 Å². The van der Waals surface area contributed by atoms with Gasteiger partial charge in [-0.05, 0) is 41.8 Å².